The maximum absolute atomic E-state index is 5.69. The van der Waals surface area contributed by atoms with Crippen LogP contribution in [0.2, 0.25) is 0 Å². The minimum Gasteiger partial charge on any atom is -0.492 e. The molecule has 6 nitrogen and oxygen atoms in total. The van der Waals surface area contributed by atoms with Crippen molar-refractivity contribution in [3.05, 3.63) is 36.2 Å². The molecule has 0 saturated carbocycles. The maximum Gasteiger partial charge on any atom is 0.221 e. The third-order valence-corrected chi connectivity index (χ3v) is 2.84. The van der Waals surface area contributed by atoms with Crippen molar-refractivity contribution in [1.82, 2.24) is 9.97 Å². The lowest BCUT2D eigenvalue weighted by Crippen LogP contribution is -2.14. The van der Waals surface area contributed by atoms with Gasteiger partial charge in [0, 0.05) is 11.8 Å². The van der Waals surface area contributed by atoms with E-state index in [9.17, 15) is 0 Å². The second kappa shape index (κ2) is 7.33. The van der Waals surface area contributed by atoms with Crippen LogP contribution in [-0.4, -0.2) is 29.7 Å². The van der Waals surface area contributed by atoms with Gasteiger partial charge >= 0.3 is 0 Å². The van der Waals surface area contributed by atoms with Crippen LogP contribution in [0.3, 0.4) is 0 Å². The van der Waals surface area contributed by atoms with Crippen molar-refractivity contribution < 1.29 is 9.47 Å². The Morgan fingerprint density at radius 3 is 2.86 bits per heavy atom. The molecule has 1 aromatic carbocycles. The summed E-state index contributed by atoms with van der Waals surface area (Å²) in [5.41, 5.74) is 7.27. The number of aromatic nitrogens is 2. The van der Waals surface area contributed by atoms with Crippen molar-refractivity contribution in [2.75, 3.05) is 30.8 Å². The van der Waals surface area contributed by atoms with Crippen molar-refractivity contribution in [2.24, 2.45) is 0 Å². The van der Waals surface area contributed by atoms with Gasteiger partial charge in [-0.1, -0.05) is 6.07 Å². The maximum atomic E-state index is 5.69. The third kappa shape index (κ3) is 4.24. The molecular formula is C15H20N4O2. The van der Waals surface area contributed by atoms with E-state index in [1.165, 1.54) is 6.33 Å². The van der Waals surface area contributed by atoms with Crippen LogP contribution in [0.4, 0.5) is 11.5 Å². The molecule has 0 aliphatic heterocycles. The highest BCUT2D eigenvalue weighted by atomic mass is 16.5. The number of benzene rings is 1. The minimum absolute atomic E-state index is 0.511. The summed E-state index contributed by atoms with van der Waals surface area (Å²) in [4.78, 5) is 8.30. The summed E-state index contributed by atoms with van der Waals surface area (Å²) < 4.78 is 11.0. The fraction of sp³-hybridized carbons (Fsp3) is 0.333. The first-order chi connectivity index (χ1) is 10.2. The highest BCUT2D eigenvalue weighted by molar-refractivity contribution is 5.47. The second-order valence-electron chi connectivity index (χ2n) is 4.43. The first-order valence-corrected chi connectivity index (χ1v) is 6.87. The van der Waals surface area contributed by atoms with Gasteiger partial charge < -0.3 is 20.5 Å². The van der Waals surface area contributed by atoms with Gasteiger partial charge in [-0.3, -0.25) is 0 Å². The number of nitrogens with zero attached hydrogens (tertiary/aromatic N) is 2. The van der Waals surface area contributed by atoms with Crippen LogP contribution in [0.1, 0.15) is 12.5 Å². The van der Waals surface area contributed by atoms with Crippen LogP contribution in [-0.2, 0) is 0 Å². The molecule has 0 saturated heterocycles. The molecule has 0 unspecified atom stereocenters. The van der Waals surface area contributed by atoms with Crippen molar-refractivity contribution in [1.29, 1.82) is 0 Å². The van der Waals surface area contributed by atoms with Crippen molar-refractivity contribution in [3.8, 4) is 11.6 Å². The number of hydrogen-bond donors (Lipinski definition) is 2. The highest BCUT2D eigenvalue weighted by Crippen LogP contribution is 2.20. The molecule has 112 valence electrons. The van der Waals surface area contributed by atoms with Gasteiger partial charge in [0.25, 0.3) is 0 Å². The lowest BCUT2D eigenvalue weighted by atomic mass is 10.3. The average molecular weight is 288 g/mol. The van der Waals surface area contributed by atoms with Gasteiger partial charge in [-0.15, -0.1) is 0 Å². The smallest absolute Gasteiger partial charge is 0.221 e. The van der Waals surface area contributed by atoms with Crippen LogP contribution in [0.5, 0.6) is 11.6 Å². The second-order valence-corrected chi connectivity index (χ2v) is 4.43. The molecule has 0 aliphatic rings. The van der Waals surface area contributed by atoms with E-state index in [-0.39, 0.29) is 0 Å². The van der Waals surface area contributed by atoms with Crippen LogP contribution < -0.4 is 20.5 Å². The zero-order valence-corrected chi connectivity index (χ0v) is 12.3. The standard InChI is InChI=1S/C15H20N4O2/c1-3-20-15-11(2)14(18-10-19-15)17-7-8-21-13-6-4-5-12(16)9-13/h4-6,9-10H,3,7-8,16H2,1-2H3,(H,17,18,19). The van der Waals surface area contributed by atoms with Gasteiger partial charge in [-0.05, 0) is 26.0 Å². The molecule has 1 aromatic heterocycles. The van der Waals surface area contributed by atoms with E-state index in [0.717, 1.165) is 17.1 Å². The molecule has 21 heavy (non-hydrogen) atoms. The Morgan fingerprint density at radius 1 is 1.24 bits per heavy atom. The Hall–Kier alpha value is -2.50. The van der Waals surface area contributed by atoms with Gasteiger partial charge in [0.05, 0.1) is 18.7 Å². The summed E-state index contributed by atoms with van der Waals surface area (Å²) in [7, 11) is 0. The number of nitrogens with two attached hydrogens (primary N) is 1. The zero-order chi connectivity index (χ0) is 15.1. The van der Waals surface area contributed by atoms with Gasteiger partial charge in [-0.25, -0.2) is 9.97 Å². The topological polar surface area (TPSA) is 82.3 Å². The molecule has 0 aliphatic carbocycles. The van der Waals surface area contributed by atoms with E-state index in [4.69, 9.17) is 15.2 Å². The number of hydrogen-bond acceptors (Lipinski definition) is 6. The van der Waals surface area contributed by atoms with E-state index in [2.05, 4.69) is 15.3 Å². The van der Waals surface area contributed by atoms with Crippen molar-refractivity contribution in [3.63, 3.8) is 0 Å². The number of anilines is 2. The Balaban J connectivity index is 1.85. The lowest BCUT2D eigenvalue weighted by molar-refractivity contribution is 0.323. The molecule has 2 aromatic rings. The summed E-state index contributed by atoms with van der Waals surface area (Å²) >= 11 is 0. The molecule has 0 amide bonds. The Morgan fingerprint density at radius 2 is 2.10 bits per heavy atom. The zero-order valence-electron chi connectivity index (χ0n) is 12.3. The van der Waals surface area contributed by atoms with E-state index in [0.29, 0.717) is 31.3 Å². The normalized spacial score (nSPS) is 10.2. The van der Waals surface area contributed by atoms with E-state index in [1.807, 2.05) is 32.0 Å². The Bertz CT molecular complexity index is 590. The van der Waals surface area contributed by atoms with Crippen molar-refractivity contribution in [2.45, 2.75) is 13.8 Å². The molecule has 0 fully saturated rings. The van der Waals surface area contributed by atoms with Crippen LogP contribution in [0.25, 0.3) is 0 Å². The summed E-state index contributed by atoms with van der Waals surface area (Å²) in [6.07, 6.45) is 1.49. The quantitative estimate of drug-likeness (QED) is 0.600. The number of nitrogen functional groups attached to an aromatic ring is 1. The molecule has 2 rings (SSSR count). The molecular weight excluding hydrogens is 268 g/mol. The first-order valence-electron chi connectivity index (χ1n) is 6.87. The average Bonchev–Trinajstić information content (AvgIpc) is 2.47. The predicted octanol–water partition coefficient (Wildman–Crippen LogP) is 2.26. The monoisotopic (exact) mass is 288 g/mol. The lowest BCUT2D eigenvalue weighted by Gasteiger charge is -2.12. The largest absolute Gasteiger partial charge is 0.492 e. The number of ether oxygens (including phenoxy) is 2. The summed E-state index contributed by atoms with van der Waals surface area (Å²) in [5, 5.41) is 3.21. The number of rotatable bonds is 7. The third-order valence-electron chi connectivity index (χ3n) is 2.84. The molecule has 0 bridgehead atoms. The molecule has 1 heterocycles. The molecule has 0 radical (unpaired) electrons. The summed E-state index contributed by atoms with van der Waals surface area (Å²) in [5.74, 6) is 2.11. The number of nitrogens with one attached hydrogen (secondary N) is 1. The van der Waals surface area contributed by atoms with Crippen LogP contribution >= 0.6 is 0 Å². The Kier molecular flexibility index (Phi) is 5.20. The minimum atomic E-state index is 0.511. The predicted molar refractivity (Wildman–Crippen MR) is 82.8 cm³/mol. The van der Waals surface area contributed by atoms with E-state index >= 15 is 0 Å². The summed E-state index contributed by atoms with van der Waals surface area (Å²) in [6.45, 7) is 5.56. The van der Waals surface area contributed by atoms with Gasteiger partial charge in [0.2, 0.25) is 5.88 Å². The fourth-order valence-electron chi connectivity index (χ4n) is 1.84. The van der Waals surface area contributed by atoms with Crippen LogP contribution in [0.15, 0.2) is 30.6 Å². The van der Waals surface area contributed by atoms with E-state index in [1.54, 1.807) is 6.07 Å². The molecule has 0 atom stereocenters. The van der Waals surface area contributed by atoms with Gasteiger partial charge in [0.1, 0.15) is 24.5 Å². The Labute approximate surface area is 124 Å². The van der Waals surface area contributed by atoms with Gasteiger partial charge in [0.15, 0.2) is 0 Å². The van der Waals surface area contributed by atoms with E-state index < -0.39 is 0 Å². The van der Waals surface area contributed by atoms with Crippen molar-refractivity contribution >= 4 is 11.5 Å². The SMILES string of the molecule is CCOc1ncnc(NCCOc2cccc(N)c2)c1C. The summed E-state index contributed by atoms with van der Waals surface area (Å²) in [6, 6.07) is 7.36. The first kappa shape index (κ1) is 14.9. The molecule has 3 N–H and O–H groups in total. The molecule has 0 spiro atoms. The van der Waals surface area contributed by atoms with Crippen LogP contribution in [0, 0.1) is 6.92 Å². The van der Waals surface area contributed by atoms with Gasteiger partial charge in [-0.2, -0.15) is 0 Å². The highest BCUT2D eigenvalue weighted by Gasteiger charge is 2.07. The molecule has 6 heteroatoms. The fourth-order valence-corrected chi connectivity index (χ4v) is 1.84.